The van der Waals surface area contributed by atoms with Gasteiger partial charge < -0.3 is 14.4 Å². The lowest BCUT2D eigenvalue weighted by molar-refractivity contribution is -0.126. The number of likely N-dealkylation sites (N-methyl/N-ethyl adjacent to an activating group) is 1. The second-order valence-corrected chi connectivity index (χ2v) is 9.56. The van der Waals surface area contributed by atoms with Crippen LogP contribution in [0.1, 0.15) is 41.2 Å². The summed E-state index contributed by atoms with van der Waals surface area (Å²) in [6, 6.07) is 9.07. The van der Waals surface area contributed by atoms with E-state index < -0.39 is 0 Å². The first-order valence-corrected chi connectivity index (χ1v) is 12.2. The summed E-state index contributed by atoms with van der Waals surface area (Å²) in [5, 5.41) is 3.23. The van der Waals surface area contributed by atoms with Crippen molar-refractivity contribution >= 4 is 40.4 Å². The summed E-state index contributed by atoms with van der Waals surface area (Å²) in [6.45, 7) is 4.02. The number of pyridine rings is 1. The van der Waals surface area contributed by atoms with Crippen LogP contribution in [0.2, 0.25) is 5.15 Å². The molecule has 1 aromatic carbocycles. The predicted octanol–water partition coefficient (Wildman–Crippen LogP) is 4.32. The Morgan fingerprint density at radius 2 is 2.09 bits per heavy atom. The maximum Gasteiger partial charge on any atom is 0.258 e. The van der Waals surface area contributed by atoms with Crippen LogP contribution in [0.4, 0.5) is 5.95 Å². The molecular formula is C26H31ClN6O2. The summed E-state index contributed by atoms with van der Waals surface area (Å²) in [5.74, 6) is 0.170. The Balaban J connectivity index is 1.68. The molecule has 1 fully saturated rings. The summed E-state index contributed by atoms with van der Waals surface area (Å²) in [4.78, 5) is 38.6. The number of aryl methyl sites for hydroxylation is 1. The molecular weight excluding hydrogens is 464 g/mol. The van der Waals surface area contributed by atoms with Crippen LogP contribution in [0.15, 0.2) is 48.7 Å². The molecule has 0 radical (unpaired) electrons. The molecule has 35 heavy (non-hydrogen) atoms. The van der Waals surface area contributed by atoms with Crippen LogP contribution < -0.4 is 5.32 Å². The fraction of sp³-hybridized carbons (Fsp3) is 0.385. The predicted molar refractivity (Wildman–Crippen MR) is 139 cm³/mol. The Bertz CT molecular complexity index is 1250. The van der Waals surface area contributed by atoms with Crippen molar-refractivity contribution in [3.63, 3.8) is 0 Å². The summed E-state index contributed by atoms with van der Waals surface area (Å²) in [6.07, 6.45) is 7.86. The number of nitrogens with one attached hydrogen (secondary N) is 1. The summed E-state index contributed by atoms with van der Waals surface area (Å²) >= 11 is 5.99. The topological polar surface area (TPSA) is 83.4 Å². The van der Waals surface area contributed by atoms with Gasteiger partial charge in [0.15, 0.2) is 0 Å². The van der Waals surface area contributed by atoms with Crippen LogP contribution in [0.5, 0.6) is 0 Å². The molecule has 1 N–H and O–H groups in total. The second-order valence-electron chi connectivity index (χ2n) is 9.17. The molecule has 4 rings (SSSR count). The van der Waals surface area contributed by atoms with Crippen LogP contribution >= 0.6 is 11.6 Å². The Morgan fingerprint density at radius 1 is 1.26 bits per heavy atom. The number of carbonyl (C=O) groups excluding carboxylic acids is 2. The van der Waals surface area contributed by atoms with Gasteiger partial charge >= 0.3 is 0 Å². The Kier molecular flexibility index (Phi) is 7.83. The van der Waals surface area contributed by atoms with Crippen LogP contribution in [0.3, 0.4) is 0 Å². The average molecular weight is 495 g/mol. The van der Waals surface area contributed by atoms with E-state index in [1.807, 2.05) is 55.1 Å². The lowest BCUT2D eigenvalue weighted by Gasteiger charge is -2.26. The monoisotopic (exact) mass is 494 g/mol. The molecule has 1 atom stereocenters. The third-order valence-corrected chi connectivity index (χ3v) is 6.39. The van der Waals surface area contributed by atoms with Gasteiger partial charge in [0, 0.05) is 37.5 Å². The van der Waals surface area contributed by atoms with E-state index in [2.05, 4.69) is 14.9 Å². The number of rotatable bonds is 6. The SMILES string of the molecule is Cc1cccc2nc(NC(=O)c3ccnc(Cl)c3)n(C3CCCCN(C(=O)/C=C/CN(C)C)C3)c12. The number of nitrogens with zero attached hydrogens (tertiary/aromatic N) is 5. The van der Waals surface area contributed by atoms with Crippen LogP contribution in [0, 0.1) is 6.92 Å². The largest absolute Gasteiger partial charge is 0.337 e. The first kappa shape index (κ1) is 24.9. The van der Waals surface area contributed by atoms with E-state index in [0.29, 0.717) is 31.1 Å². The summed E-state index contributed by atoms with van der Waals surface area (Å²) in [7, 11) is 3.94. The molecule has 1 aliphatic rings. The molecule has 9 heteroatoms. The fourth-order valence-corrected chi connectivity index (χ4v) is 4.66. The zero-order valence-corrected chi connectivity index (χ0v) is 21.1. The van der Waals surface area contributed by atoms with Crippen molar-refractivity contribution < 1.29 is 9.59 Å². The minimum absolute atomic E-state index is 0.0110. The smallest absolute Gasteiger partial charge is 0.258 e. The summed E-state index contributed by atoms with van der Waals surface area (Å²) in [5.41, 5.74) is 3.25. The molecule has 2 aromatic heterocycles. The number of halogens is 1. The molecule has 2 amide bonds. The zero-order chi connectivity index (χ0) is 24.9. The number of para-hydroxylation sites is 1. The van der Waals surface area contributed by atoms with Crippen molar-refractivity contribution in [2.45, 2.75) is 32.2 Å². The number of carbonyl (C=O) groups is 2. The van der Waals surface area contributed by atoms with Gasteiger partial charge in [-0.1, -0.05) is 29.8 Å². The van der Waals surface area contributed by atoms with E-state index >= 15 is 0 Å². The Hall–Kier alpha value is -3.23. The number of amides is 2. The number of hydrogen-bond acceptors (Lipinski definition) is 5. The van der Waals surface area contributed by atoms with Gasteiger partial charge in [-0.25, -0.2) is 9.97 Å². The van der Waals surface area contributed by atoms with Crippen LogP contribution in [0.25, 0.3) is 11.0 Å². The number of likely N-dealkylation sites (tertiary alicyclic amines) is 1. The van der Waals surface area contributed by atoms with E-state index in [4.69, 9.17) is 16.6 Å². The van der Waals surface area contributed by atoms with Crippen molar-refractivity contribution in [1.29, 1.82) is 0 Å². The van der Waals surface area contributed by atoms with Crippen LogP contribution in [-0.2, 0) is 4.79 Å². The normalized spacial score (nSPS) is 16.7. The molecule has 0 spiro atoms. The van der Waals surface area contributed by atoms with Crippen molar-refractivity contribution in [3.8, 4) is 0 Å². The minimum atomic E-state index is -0.309. The number of benzene rings is 1. The van der Waals surface area contributed by atoms with Crippen LogP contribution in [-0.4, -0.2) is 69.9 Å². The molecule has 0 bridgehead atoms. The molecule has 1 unspecified atom stereocenters. The maximum atomic E-state index is 13.0. The van der Waals surface area contributed by atoms with E-state index in [-0.39, 0.29) is 23.0 Å². The van der Waals surface area contributed by atoms with Gasteiger partial charge in [-0.05, 0) is 64.0 Å². The van der Waals surface area contributed by atoms with Gasteiger partial charge in [0.1, 0.15) is 5.15 Å². The van der Waals surface area contributed by atoms with Gasteiger partial charge in [-0.3, -0.25) is 14.9 Å². The number of hydrogen-bond donors (Lipinski definition) is 1. The lowest BCUT2D eigenvalue weighted by Crippen LogP contribution is -2.35. The van der Waals surface area contributed by atoms with Gasteiger partial charge in [0.25, 0.3) is 5.91 Å². The fourth-order valence-electron chi connectivity index (χ4n) is 4.48. The second kappa shape index (κ2) is 11.0. The third kappa shape index (κ3) is 5.89. The molecule has 3 aromatic rings. The van der Waals surface area contributed by atoms with Crippen molar-refractivity contribution in [3.05, 3.63) is 65.0 Å². The first-order valence-electron chi connectivity index (χ1n) is 11.8. The van der Waals surface area contributed by atoms with E-state index in [9.17, 15) is 9.59 Å². The highest BCUT2D eigenvalue weighted by atomic mass is 35.5. The minimum Gasteiger partial charge on any atom is -0.337 e. The lowest BCUT2D eigenvalue weighted by atomic mass is 10.1. The van der Waals surface area contributed by atoms with Gasteiger partial charge in [0.2, 0.25) is 11.9 Å². The van der Waals surface area contributed by atoms with Crippen molar-refractivity contribution in [1.82, 2.24) is 24.3 Å². The van der Waals surface area contributed by atoms with Gasteiger partial charge in [-0.2, -0.15) is 0 Å². The van der Waals surface area contributed by atoms with E-state index in [0.717, 1.165) is 35.9 Å². The van der Waals surface area contributed by atoms with E-state index in [1.165, 1.54) is 12.3 Å². The molecule has 3 heterocycles. The van der Waals surface area contributed by atoms with E-state index in [1.54, 1.807) is 12.1 Å². The average Bonchev–Trinajstić information content (AvgIpc) is 3.01. The highest BCUT2D eigenvalue weighted by Gasteiger charge is 2.27. The van der Waals surface area contributed by atoms with Crippen molar-refractivity contribution in [2.24, 2.45) is 0 Å². The quantitative estimate of drug-likeness (QED) is 0.407. The highest BCUT2D eigenvalue weighted by Crippen LogP contribution is 2.32. The number of imidazole rings is 1. The first-order chi connectivity index (χ1) is 16.8. The molecule has 1 saturated heterocycles. The molecule has 0 saturated carbocycles. The Morgan fingerprint density at radius 3 is 2.86 bits per heavy atom. The highest BCUT2D eigenvalue weighted by molar-refractivity contribution is 6.29. The Labute approximate surface area is 210 Å². The van der Waals surface area contributed by atoms with Gasteiger partial charge in [0.05, 0.1) is 17.1 Å². The zero-order valence-electron chi connectivity index (χ0n) is 20.4. The summed E-state index contributed by atoms with van der Waals surface area (Å²) < 4.78 is 2.10. The van der Waals surface area contributed by atoms with Gasteiger partial charge in [-0.15, -0.1) is 0 Å². The molecule has 0 aliphatic carbocycles. The standard InChI is InChI=1S/C26H31ClN6O2/c1-18-8-6-10-21-24(18)33(26(29-21)30-25(35)19-12-13-28-22(27)16-19)20-9-4-5-15-32(17-20)23(34)11-7-14-31(2)3/h6-8,10-13,16,20H,4-5,9,14-15,17H2,1-3H3,(H,29,30,35)/b11-7+. The molecule has 8 nitrogen and oxygen atoms in total. The number of fused-ring (bicyclic) bond motifs is 1. The maximum absolute atomic E-state index is 13.0. The number of aromatic nitrogens is 3. The molecule has 184 valence electrons. The third-order valence-electron chi connectivity index (χ3n) is 6.18. The number of anilines is 1. The molecule has 1 aliphatic heterocycles. The van der Waals surface area contributed by atoms with Crippen molar-refractivity contribution in [2.75, 3.05) is 39.0 Å².